The molecule has 0 radical (unpaired) electrons. The molecular formula is C19H29N3O2. The van der Waals surface area contributed by atoms with E-state index in [0.717, 1.165) is 31.4 Å². The molecule has 0 aromatic heterocycles. The standard InChI is InChI=1S/C19H29N3O2/c1-21(2)17(15-16-9-5-3-6-10-16)19(24)20-12-14-22-13-8-4-7-11-18(22)23/h3,5-6,9-10,17H,4,7-8,11-15H2,1-2H3,(H,20,24)/t17-/m0/s1. The van der Waals surface area contributed by atoms with Gasteiger partial charge in [0, 0.05) is 26.1 Å². The van der Waals surface area contributed by atoms with Crippen molar-refractivity contribution in [1.29, 1.82) is 0 Å². The number of carbonyl (C=O) groups is 2. The monoisotopic (exact) mass is 331 g/mol. The average Bonchev–Trinajstić information content (AvgIpc) is 2.78. The molecule has 0 aliphatic carbocycles. The molecule has 24 heavy (non-hydrogen) atoms. The summed E-state index contributed by atoms with van der Waals surface area (Å²) in [6, 6.07) is 9.84. The molecule has 132 valence electrons. The number of likely N-dealkylation sites (N-methyl/N-ethyl adjacent to an activating group) is 1. The van der Waals surface area contributed by atoms with Crippen molar-refractivity contribution < 1.29 is 9.59 Å². The topological polar surface area (TPSA) is 52.7 Å². The number of rotatable bonds is 7. The van der Waals surface area contributed by atoms with E-state index in [1.165, 1.54) is 0 Å². The number of likely N-dealkylation sites (tertiary alicyclic amines) is 1. The van der Waals surface area contributed by atoms with Gasteiger partial charge in [-0.05, 0) is 38.9 Å². The van der Waals surface area contributed by atoms with E-state index in [0.29, 0.717) is 25.9 Å². The number of amides is 2. The van der Waals surface area contributed by atoms with Gasteiger partial charge in [0.2, 0.25) is 11.8 Å². The summed E-state index contributed by atoms with van der Waals surface area (Å²) in [6.45, 7) is 1.94. The second kappa shape index (κ2) is 9.42. The van der Waals surface area contributed by atoms with Crippen LogP contribution in [0.2, 0.25) is 0 Å². The minimum atomic E-state index is -0.202. The van der Waals surface area contributed by atoms with E-state index >= 15 is 0 Å². The van der Waals surface area contributed by atoms with Crippen molar-refractivity contribution in [2.45, 2.75) is 38.1 Å². The van der Waals surface area contributed by atoms with Gasteiger partial charge in [0.25, 0.3) is 0 Å². The van der Waals surface area contributed by atoms with Crippen molar-refractivity contribution in [3.8, 4) is 0 Å². The summed E-state index contributed by atoms with van der Waals surface area (Å²) in [7, 11) is 3.84. The molecular weight excluding hydrogens is 302 g/mol. The third kappa shape index (κ3) is 5.64. The fourth-order valence-corrected chi connectivity index (χ4v) is 3.05. The quantitative estimate of drug-likeness (QED) is 0.827. The molecule has 0 unspecified atom stereocenters. The van der Waals surface area contributed by atoms with E-state index in [1.54, 1.807) is 0 Å². The van der Waals surface area contributed by atoms with Gasteiger partial charge in [0.15, 0.2) is 0 Å². The van der Waals surface area contributed by atoms with Crippen molar-refractivity contribution in [3.63, 3.8) is 0 Å². The van der Waals surface area contributed by atoms with Crippen LogP contribution in [0.4, 0.5) is 0 Å². The Balaban J connectivity index is 1.83. The first-order valence-corrected chi connectivity index (χ1v) is 8.84. The third-order valence-corrected chi connectivity index (χ3v) is 4.55. The van der Waals surface area contributed by atoms with Crippen molar-refractivity contribution in [3.05, 3.63) is 35.9 Å². The Labute approximate surface area is 145 Å². The molecule has 1 saturated heterocycles. The predicted octanol–water partition coefficient (Wildman–Crippen LogP) is 1.68. The Morgan fingerprint density at radius 3 is 2.67 bits per heavy atom. The van der Waals surface area contributed by atoms with E-state index in [1.807, 2.05) is 54.2 Å². The largest absolute Gasteiger partial charge is 0.353 e. The number of nitrogens with zero attached hydrogens (tertiary/aromatic N) is 2. The zero-order valence-electron chi connectivity index (χ0n) is 14.8. The molecule has 1 aliphatic heterocycles. The van der Waals surface area contributed by atoms with Crippen LogP contribution in [-0.2, 0) is 16.0 Å². The number of benzene rings is 1. The van der Waals surface area contributed by atoms with Gasteiger partial charge in [-0.25, -0.2) is 0 Å². The zero-order chi connectivity index (χ0) is 17.4. The lowest BCUT2D eigenvalue weighted by molar-refractivity contribution is -0.131. The summed E-state index contributed by atoms with van der Waals surface area (Å²) in [5.74, 6) is 0.237. The molecule has 1 heterocycles. The number of nitrogens with one attached hydrogen (secondary N) is 1. The Hall–Kier alpha value is -1.88. The van der Waals surface area contributed by atoms with E-state index in [-0.39, 0.29) is 17.9 Å². The molecule has 1 aromatic rings. The van der Waals surface area contributed by atoms with Gasteiger partial charge in [-0.1, -0.05) is 36.8 Å². The van der Waals surface area contributed by atoms with E-state index < -0.39 is 0 Å². The highest BCUT2D eigenvalue weighted by Gasteiger charge is 2.22. The lowest BCUT2D eigenvalue weighted by atomic mass is 10.0. The molecule has 0 spiro atoms. The smallest absolute Gasteiger partial charge is 0.237 e. The fraction of sp³-hybridized carbons (Fsp3) is 0.579. The Morgan fingerprint density at radius 1 is 1.21 bits per heavy atom. The Morgan fingerprint density at radius 2 is 1.96 bits per heavy atom. The van der Waals surface area contributed by atoms with Crippen LogP contribution in [0.3, 0.4) is 0 Å². The summed E-state index contributed by atoms with van der Waals surface area (Å²) in [6.07, 6.45) is 4.49. The number of hydrogen-bond donors (Lipinski definition) is 1. The highest BCUT2D eigenvalue weighted by molar-refractivity contribution is 5.82. The van der Waals surface area contributed by atoms with Crippen LogP contribution in [-0.4, -0.2) is 61.4 Å². The highest BCUT2D eigenvalue weighted by atomic mass is 16.2. The van der Waals surface area contributed by atoms with E-state index in [9.17, 15) is 9.59 Å². The second-order valence-electron chi connectivity index (χ2n) is 6.65. The van der Waals surface area contributed by atoms with Gasteiger partial charge < -0.3 is 10.2 Å². The molecule has 1 atom stereocenters. The maximum Gasteiger partial charge on any atom is 0.237 e. The van der Waals surface area contributed by atoms with Gasteiger partial charge >= 0.3 is 0 Å². The van der Waals surface area contributed by atoms with Crippen molar-refractivity contribution >= 4 is 11.8 Å². The molecule has 2 rings (SSSR count). The minimum absolute atomic E-state index is 0.0196. The summed E-state index contributed by atoms with van der Waals surface area (Å²) >= 11 is 0. The van der Waals surface area contributed by atoms with E-state index in [4.69, 9.17) is 0 Å². The zero-order valence-corrected chi connectivity index (χ0v) is 14.8. The lowest BCUT2D eigenvalue weighted by Crippen LogP contribution is -2.47. The first kappa shape index (κ1) is 18.5. The molecule has 1 N–H and O–H groups in total. The van der Waals surface area contributed by atoms with Gasteiger partial charge in [0.1, 0.15) is 0 Å². The highest BCUT2D eigenvalue weighted by Crippen LogP contribution is 2.10. The van der Waals surface area contributed by atoms with Gasteiger partial charge in [-0.15, -0.1) is 0 Å². The molecule has 1 fully saturated rings. The molecule has 5 nitrogen and oxygen atoms in total. The molecule has 0 saturated carbocycles. The normalized spacial score (nSPS) is 16.8. The van der Waals surface area contributed by atoms with Crippen LogP contribution in [0.1, 0.15) is 31.2 Å². The van der Waals surface area contributed by atoms with Crippen LogP contribution in [0.25, 0.3) is 0 Å². The molecule has 1 aliphatic rings. The van der Waals surface area contributed by atoms with Crippen LogP contribution in [0, 0.1) is 0 Å². The van der Waals surface area contributed by atoms with Crippen molar-refractivity contribution in [2.24, 2.45) is 0 Å². The van der Waals surface area contributed by atoms with Gasteiger partial charge in [-0.2, -0.15) is 0 Å². The fourth-order valence-electron chi connectivity index (χ4n) is 3.05. The predicted molar refractivity (Wildman–Crippen MR) is 95.7 cm³/mol. The Bertz CT molecular complexity index is 531. The molecule has 0 bridgehead atoms. The minimum Gasteiger partial charge on any atom is -0.353 e. The van der Waals surface area contributed by atoms with Gasteiger partial charge in [-0.3, -0.25) is 14.5 Å². The van der Waals surface area contributed by atoms with Crippen LogP contribution in [0.15, 0.2) is 30.3 Å². The summed E-state index contributed by atoms with van der Waals surface area (Å²) in [5, 5.41) is 3.00. The maximum atomic E-state index is 12.5. The molecule has 2 amide bonds. The summed E-state index contributed by atoms with van der Waals surface area (Å²) in [4.78, 5) is 28.3. The first-order chi connectivity index (χ1) is 11.6. The van der Waals surface area contributed by atoms with Gasteiger partial charge in [0.05, 0.1) is 6.04 Å². The van der Waals surface area contributed by atoms with Crippen LogP contribution in [0.5, 0.6) is 0 Å². The third-order valence-electron chi connectivity index (χ3n) is 4.55. The van der Waals surface area contributed by atoms with Crippen LogP contribution < -0.4 is 5.32 Å². The number of carbonyl (C=O) groups excluding carboxylic acids is 2. The van der Waals surface area contributed by atoms with Crippen molar-refractivity contribution in [1.82, 2.24) is 15.1 Å². The lowest BCUT2D eigenvalue weighted by Gasteiger charge is -2.25. The molecule has 5 heteroatoms. The summed E-state index contributed by atoms with van der Waals surface area (Å²) < 4.78 is 0. The Kier molecular flexibility index (Phi) is 7.25. The van der Waals surface area contributed by atoms with Crippen molar-refractivity contribution in [2.75, 3.05) is 33.7 Å². The number of hydrogen-bond acceptors (Lipinski definition) is 3. The molecule has 1 aromatic carbocycles. The van der Waals surface area contributed by atoms with E-state index in [2.05, 4.69) is 5.32 Å². The van der Waals surface area contributed by atoms with Crippen LogP contribution >= 0.6 is 0 Å². The first-order valence-electron chi connectivity index (χ1n) is 8.84. The summed E-state index contributed by atoms with van der Waals surface area (Å²) in [5.41, 5.74) is 1.15. The maximum absolute atomic E-state index is 12.5. The average molecular weight is 331 g/mol. The second-order valence-corrected chi connectivity index (χ2v) is 6.65. The SMILES string of the molecule is CN(C)[C@@H](Cc1ccccc1)C(=O)NCCN1CCCCCC1=O.